The largest absolute Gasteiger partial charge is 0.457 e. The highest BCUT2D eigenvalue weighted by Gasteiger charge is 2.44. The summed E-state index contributed by atoms with van der Waals surface area (Å²) < 4.78 is 5.89. The third-order valence-electron chi connectivity index (χ3n) is 4.93. The van der Waals surface area contributed by atoms with Crippen LogP contribution in [0.2, 0.25) is 0 Å². The second kappa shape index (κ2) is 6.98. The lowest BCUT2D eigenvalue weighted by molar-refractivity contribution is -0.749. The number of rotatable bonds is 4. The van der Waals surface area contributed by atoms with Crippen LogP contribution in [0.4, 0.5) is 0 Å². The number of hydrogen-bond donors (Lipinski definition) is 1. The summed E-state index contributed by atoms with van der Waals surface area (Å²) >= 11 is 0. The number of nitrogens with two attached hydrogens (primary N) is 1. The molecule has 5 rings (SSSR count). The summed E-state index contributed by atoms with van der Waals surface area (Å²) in [4.78, 5) is 9.20. The van der Waals surface area contributed by atoms with Crippen molar-refractivity contribution in [2.75, 3.05) is 0 Å². The molecule has 0 saturated carbocycles. The van der Waals surface area contributed by atoms with Gasteiger partial charge < -0.3 is 4.74 Å². The van der Waals surface area contributed by atoms with E-state index in [2.05, 4.69) is 4.99 Å². The van der Waals surface area contributed by atoms with Crippen molar-refractivity contribution in [3.8, 4) is 11.5 Å². The van der Waals surface area contributed by atoms with Crippen molar-refractivity contribution in [3.05, 3.63) is 114 Å². The molecule has 0 bridgehead atoms. The van der Waals surface area contributed by atoms with Crippen molar-refractivity contribution in [1.82, 2.24) is 0 Å². The molecule has 5 heteroatoms. The fourth-order valence-corrected chi connectivity index (χ4v) is 3.48. The lowest BCUT2D eigenvalue weighted by atomic mass is 10.1. The van der Waals surface area contributed by atoms with Gasteiger partial charge >= 0.3 is 0 Å². The zero-order valence-electron chi connectivity index (χ0n) is 15.6. The van der Waals surface area contributed by atoms with Crippen LogP contribution in [-0.4, -0.2) is 16.6 Å². The van der Waals surface area contributed by atoms with Crippen molar-refractivity contribution >= 4 is 17.7 Å². The van der Waals surface area contributed by atoms with Crippen molar-refractivity contribution in [2.24, 2.45) is 15.8 Å². The molecule has 2 N–H and O–H groups in total. The Balaban J connectivity index is 1.51. The molecule has 2 heterocycles. The van der Waals surface area contributed by atoms with Gasteiger partial charge in [0.15, 0.2) is 0 Å². The SMILES string of the molecule is N[N+]12C=CN=CC1=C(c1ccccc1)N=C2c1ccc(Oc2ccccc2)cc1. The minimum absolute atomic E-state index is 0.00732. The third kappa shape index (κ3) is 3.08. The molecule has 0 amide bonds. The Morgan fingerprint density at radius 3 is 2.10 bits per heavy atom. The molecule has 0 spiro atoms. The summed E-state index contributed by atoms with van der Waals surface area (Å²) in [7, 11) is 0. The predicted octanol–water partition coefficient (Wildman–Crippen LogP) is 4.85. The number of amidine groups is 1. The number of ether oxygens (including phenoxy) is 1. The highest BCUT2D eigenvalue weighted by Crippen LogP contribution is 2.36. The normalized spacial score (nSPS) is 19.8. The van der Waals surface area contributed by atoms with E-state index >= 15 is 0 Å². The Morgan fingerprint density at radius 2 is 1.38 bits per heavy atom. The number of aliphatic imine (C=N–C) groups is 2. The molecule has 0 aliphatic carbocycles. The molecule has 29 heavy (non-hydrogen) atoms. The topological polar surface area (TPSA) is 60.0 Å². The molecule has 5 nitrogen and oxygen atoms in total. The molecular formula is C24H19N4O+. The van der Waals surface area contributed by atoms with Gasteiger partial charge in [-0.1, -0.05) is 48.5 Å². The third-order valence-corrected chi connectivity index (χ3v) is 4.93. The Hall–Kier alpha value is -3.80. The van der Waals surface area contributed by atoms with Crippen LogP contribution < -0.4 is 10.6 Å². The lowest BCUT2D eigenvalue weighted by Crippen LogP contribution is -2.53. The Bertz CT molecular complexity index is 1160. The van der Waals surface area contributed by atoms with Crippen LogP contribution in [0.25, 0.3) is 5.70 Å². The first-order valence-electron chi connectivity index (χ1n) is 9.35. The van der Waals surface area contributed by atoms with Gasteiger partial charge in [-0.2, -0.15) is 10.8 Å². The van der Waals surface area contributed by atoms with E-state index in [9.17, 15) is 0 Å². The zero-order chi connectivity index (χ0) is 19.7. The second-order valence-electron chi connectivity index (χ2n) is 6.83. The summed E-state index contributed by atoms with van der Waals surface area (Å²) in [6.07, 6.45) is 5.34. The van der Waals surface area contributed by atoms with E-state index in [-0.39, 0.29) is 4.59 Å². The van der Waals surface area contributed by atoms with Crippen LogP contribution in [0.5, 0.6) is 11.5 Å². The van der Waals surface area contributed by atoms with Gasteiger partial charge in [0.1, 0.15) is 23.4 Å². The Kier molecular flexibility index (Phi) is 4.17. The van der Waals surface area contributed by atoms with E-state index in [4.69, 9.17) is 15.6 Å². The molecular weight excluding hydrogens is 360 g/mol. The zero-order valence-corrected chi connectivity index (χ0v) is 15.6. The molecule has 3 aromatic carbocycles. The van der Waals surface area contributed by atoms with Crippen molar-refractivity contribution in [3.63, 3.8) is 0 Å². The molecule has 2 aliphatic heterocycles. The van der Waals surface area contributed by atoms with Crippen molar-refractivity contribution in [2.45, 2.75) is 0 Å². The predicted molar refractivity (Wildman–Crippen MR) is 115 cm³/mol. The smallest absolute Gasteiger partial charge is 0.265 e. The second-order valence-corrected chi connectivity index (χ2v) is 6.83. The maximum atomic E-state index is 6.77. The first kappa shape index (κ1) is 17.3. The summed E-state index contributed by atoms with van der Waals surface area (Å²) in [6, 6.07) is 27.6. The highest BCUT2D eigenvalue weighted by atomic mass is 16.5. The number of para-hydroxylation sites is 1. The molecule has 0 fully saturated rings. The average molecular weight is 379 g/mol. The quantitative estimate of drug-likeness (QED) is 0.520. The Labute approximate surface area is 169 Å². The number of hydrogen-bond acceptors (Lipinski definition) is 4. The summed E-state index contributed by atoms with van der Waals surface area (Å²) in [5.41, 5.74) is 3.62. The molecule has 0 aromatic heterocycles. The van der Waals surface area contributed by atoms with Crippen LogP contribution >= 0.6 is 0 Å². The maximum Gasteiger partial charge on any atom is 0.265 e. The van der Waals surface area contributed by atoms with E-state index in [1.807, 2.05) is 91.1 Å². The van der Waals surface area contributed by atoms with Crippen molar-refractivity contribution in [1.29, 1.82) is 0 Å². The van der Waals surface area contributed by atoms with Gasteiger partial charge in [0.25, 0.3) is 5.84 Å². The van der Waals surface area contributed by atoms with Crippen LogP contribution in [0.3, 0.4) is 0 Å². The van der Waals surface area contributed by atoms with Gasteiger partial charge in [0, 0.05) is 5.56 Å². The van der Waals surface area contributed by atoms with Crippen LogP contribution in [0.1, 0.15) is 11.1 Å². The minimum Gasteiger partial charge on any atom is -0.457 e. The monoisotopic (exact) mass is 379 g/mol. The maximum absolute atomic E-state index is 6.77. The average Bonchev–Trinajstić information content (AvgIpc) is 3.09. The first-order chi connectivity index (χ1) is 14.2. The number of nitrogens with zero attached hydrogens (tertiary/aromatic N) is 3. The van der Waals surface area contributed by atoms with Gasteiger partial charge in [0.2, 0.25) is 5.70 Å². The molecule has 0 radical (unpaired) electrons. The van der Waals surface area contributed by atoms with E-state index < -0.39 is 0 Å². The number of quaternary nitrogens is 1. The number of allylic oxidation sites excluding steroid dienone is 1. The number of benzene rings is 3. The molecule has 1 unspecified atom stereocenters. The van der Waals surface area contributed by atoms with Gasteiger partial charge in [-0.25, -0.2) is 0 Å². The fourth-order valence-electron chi connectivity index (χ4n) is 3.48. The van der Waals surface area contributed by atoms with Crippen LogP contribution in [-0.2, 0) is 0 Å². The van der Waals surface area contributed by atoms with E-state index in [1.165, 1.54) is 0 Å². The van der Waals surface area contributed by atoms with Gasteiger partial charge in [0.05, 0.1) is 18.0 Å². The summed E-state index contributed by atoms with van der Waals surface area (Å²) in [6.45, 7) is 0. The van der Waals surface area contributed by atoms with Crippen LogP contribution in [0.15, 0.2) is 113 Å². The van der Waals surface area contributed by atoms with Gasteiger partial charge in [-0.15, -0.1) is 4.59 Å². The van der Waals surface area contributed by atoms with E-state index in [0.29, 0.717) is 0 Å². The van der Waals surface area contributed by atoms with Gasteiger partial charge in [-0.05, 0) is 36.4 Å². The minimum atomic E-state index is -0.00732. The summed E-state index contributed by atoms with van der Waals surface area (Å²) in [5.74, 6) is 9.07. The van der Waals surface area contributed by atoms with Gasteiger partial charge in [-0.3, -0.25) is 4.99 Å². The standard InChI is InChI=1S/C24H19N4O/c25-28-16-15-26-17-22(28)23(18-7-3-1-4-8-18)27-24(28)19-11-13-21(14-12-19)29-20-9-5-2-6-10-20/h1-17H,25H2/q+1. The molecule has 0 saturated heterocycles. The van der Waals surface area contributed by atoms with E-state index in [1.54, 1.807) is 12.4 Å². The summed E-state index contributed by atoms with van der Waals surface area (Å²) in [5, 5.41) is 0. The molecule has 2 aliphatic rings. The first-order valence-corrected chi connectivity index (χ1v) is 9.35. The molecule has 140 valence electrons. The highest BCUT2D eigenvalue weighted by molar-refractivity contribution is 6.06. The molecule has 3 aromatic rings. The lowest BCUT2D eigenvalue weighted by Gasteiger charge is -2.26. The number of fused-ring (bicyclic) bond motifs is 1. The van der Waals surface area contributed by atoms with Crippen molar-refractivity contribution < 1.29 is 9.33 Å². The fraction of sp³-hybridized carbons (Fsp3) is 0. The molecule has 1 atom stereocenters. The van der Waals surface area contributed by atoms with Crippen LogP contribution in [0, 0.1) is 0 Å². The Morgan fingerprint density at radius 1 is 0.724 bits per heavy atom. The van der Waals surface area contributed by atoms with E-state index in [0.717, 1.165) is 39.9 Å².